The van der Waals surface area contributed by atoms with Crippen molar-refractivity contribution in [3.8, 4) is 0 Å². The van der Waals surface area contributed by atoms with E-state index in [4.69, 9.17) is 5.73 Å². The SMILES string of the molecule is CCC(CC)(CO)CNc1ccc(N)nc1. The van der Waals surface area contributed by atoms with Crippen molar-refractivity contribution in [3.63, 3.8) is 0 Å². The molecule has 0 aliphatic carbocycles. The summed E-state index contributed by atoms with van der Waals surface area (Å²) >= 11 is 0. The highest BCUT2D eigenvalue weighted by Crippen LogP contribution is 2.26. The molecule has 0 aliphatic heterocycles. The summed E-state index contributed by atoms with van der Waals surface area (Å²) in [4.78, 5) is 4.01. The van der Waals surface area contributed by atoms with Crippen molar-refractivity contribution in [2.75, 3.05) is 24.2 Å². The molecule has 0 aromatic carbocycles. The van der Waals surface area contributed by atoms with Crippen molar-refractivity contribution < 1.29 is 5.11 Å². The quantitative estimate of drug-likeness (QED) is 0.688. The standard InChI is InChI=1S/C12H21N3O/c1-3-12(4-2,9-16)8-15-10-5-6-11(13)14-7-10/h5-7,15-16H,3-4,8-9H2,1-2H3,(H2,13,14). The lowest BCUT2D eigenvalue weighted by Gasteiger charge is -2.29. The molecule has 4 N–H and O–H groups in total. The Hall–Kier alpha value is -1.29. The summed E-state index contributed by atoms with van der Waals surface area (Å²) in [6, 6.07) is 3.66. The van der Waals surface area contributed by atoms with Gasteiger partial charge in [-0.2, -0.15) is 0 Å². The Labute approximate surface area is 96.9 Å². The van der Waals surface area contributed by atoms with Gasteiger partial charge in [0.2, 0.25) is 0 Å². The zero-order chi connectivity index (χ0) is 12.0. The molecule has 1 aromatic heterocycles. The number of aliphatic hydroxyl groups excluding tert-OH is 1. The second kappa shape index (κ2) is 5.70. The number of rotatable bonds is 6. The van der Waals surface area contributed by atoms with Crippen LogP contribution in [0, 0.1) is 5.41 Å². The third-order valence-electron chi connectivity index (χ3n) is 3.29. The maximum Gasteiger partial charge on any atom is 0.123 e. The number of anilines is 2. The second-order valence-corrected chi connectivity index (χ2v) is 4.19. The molecule has 4 nitrogen and oxygen atoms in total. The lowest BCUT2D eigenvalue weighted by atomic mass is 9.83. The van der Waals surface area contributed by atoms with E-state index in [1.54, 1.807) is 12.3 Å². The zero-order valence-electron chi connectivity index (χ0n) is 10.0. The van der Waals surface area contributed by atoms with Crippen molar-refractivity contribution in [2.45, 2.75) is 26.7 Å². The van der Waals surface area contributed by atoms with Crippen molar-refractivity contribution in [1.29, 1.82) is 0 Å². The normalized spacial score (nSPS) is 11.4. The predicted molar refractivity (Wildman–Crippen MR) is 67.2 cm³/mol. The molecule has 16 heavy (non-hydrogen) atoms. The van der Waals surface area contributed by atoms with Crippen LogP contribution in [0.3, 0.4) is 0 Å². The Morgan fingerprint density at radius 2 is 2.06 bits per heavy atom. The summed E-state index contributed by atoms with van der Waals surface area (Å²) in [5.41, 5.74) is 6.41. The maximum atomic E-state index is 9.42. The molecule has 0 radical (unpaired) electrons. The maximum absolute atomic E-state index is 9.42. The zero-order valence-corrected chi connectivity index (χ0v) is 10.0. The third kappa shape index (κ3) is 3.10. The van der Waals surface area contributed by atoms with Crippen LogP contribution in [0.25, 0.3) is 0 Å². The summed E-state index contributed by atoms with van der Waals surface area (Å²) in [7, 11) is 0. The largest absolute Gasteiger partial charge is 0.396 e. The topological polar surface area (TPSA) is 71.2 Å². The van der Waals surface area contributed by atoms with Gasteiger partial charge in [0.05, 0.1) is 18.5 Å². The molecule has 0 amide bonds. The summed E-state index contributed by atoms with van der Waals surface area (Å²) in [6.45, 7) is 5.16. The second-order valence-electron chi connectivity index (χ2n) is 4.19. The van der Waals surface area contributed by atoms with Crippen molar-refractivity contribution in [1.82, 2.24) is 4.98 Å². The van der Waals surface area contributed by atoms with Gasteiger partial charge in [-0.3, -0.25) is 0 Å². The molecule has 1 heterocycles. The fourth-order valence-corrected chi connectivity index (χ4v) is 1.58. The van der Waals surface area contributed by atoms with Gasteiger partial charge >= 0.3 is 0 Å². The molecule has 0 saturated carbocycles. The van der Waals surface area contributed by atoms with Gasteiger partial charge < -0.3 is 16.2 Å². The molecule has 4 heteroatoms. The first-order chi connectivity index (χ1) is 7.65. The molecule has 0 bridgehead atoms. The van der Waals surface area contributed by atoms with Gasteiger partial charge in [0.1, 0.15) is 5.82 Å². The minimum atomic E-state index is -0.0403. The van der Waals surface area contributed by atoms with E-state index in [1.807, 2.05) is 6.07 Å². The molecule has 1 aromatic rings. The van der Waals surface area contributed by atoms with Gasteiger partial charge in [0, 0.05) is 12.0 Å². The van der Waals surface area contributed by atoms with Crippen LogP contribution >= 0.6 is 0 Å². The lowest BCUT2D eigenvalue weighted by Crippen LogP contribution is -2.32. The van der Waals surface area contributed by atoms with Crippen molar-refractivity contribution in [3.05, 3.63) is 18.3 Å². The van der Waals surface area contributed by atoms with E-state index in [-0.39, 0.29) is 12.0 Å². The van der Waals surface area contributed by atoms with Gasteiger partial charge in [-0.05, 0) is 25.0 Å². The molecule has 0 fully saturated rings. The number of nitrogens with one attached hydrogen (secondary N) is 1. The fourth-order valence-electron chi connectivity index (χ4n) is 1.58. The highest BCUT2D eigenvalue weighted by atomic mass is 16.3. The van der Waals surface area contributed by atoms with Crippen molar-refractivity contribution >= 4 is 11.5 Å². The van der Waals surface area contributed by atoms with Crippen LogP contribution in [0.1, 0.15) is 26.7 Å². The molecular formula is C12H21N3O. The van der Waals surface area contributed by atoms with Crippen LogP contribution in [-0.4, -0.2) is 23.2 Å². The van der Waals surface area contributed by atoms with Crippen LogP contribution in [0.4, 0.5) is 11.5 Å². The van der Waals surface area contributed by atoms with Crippen LogP contribution in [0.5, 0.6) is 0 Å². The smallest absolute Gasteiger partial charge is 0.123 e. The summed E-state index contributed by atoms with van der Waals surface area (Å²) < 4.78 is 0. The average Bonchev–Trinajstić information content (AvgIpc) is 2.34. The van der Waals surface area contributed by atoms with E-state index < -0.39 is 0 Å². The van der Waals surface area contributed by atoms with Crippen LogP contribution in [0.2, 0.25) is 0 Å². The monoisotopic (exact) mass is 223 g/mol. The minimum Gasteiger partial charge on any atom is -0.396 e. The number of nitrogen functional groups attached to an aromatic ring is 1. The Bertz CT molecular complexity index is 298. The summed E-state index contributed by atoms with van der Waals surface area (Å²) in [5, 5.41) is 12.7. The number of hydrogen-bond donors (Lipinski definition) is 3. The molecule has 0 unspecified atom stereocenters. The highest BCUT2D eigenvalue weighted by molar-refractivity contribution is 5.45. The number of nitrogens with zero attached hydrogens (tertiary/aromatic N) is 1. The van der Waals surface area contributed by atoms with Gasteiger partial charge in [-0.25, -0.2) is 4.98 Å². The lowest BCUT2D eigenvalue weighted by molar-refractivity contribution is 0.127. The van der Waals surface area contributed by atoms with E-state index in [0.717, 1.165) is 25.1 Å². The average molecular weight is 223 g/mol. The Kier molecular flexibility index (Phi) is 4.55. The molecule has 0 aliphatic rings. The van der Waals surface area contributed by atoms with Gasteiger partial charge in [-0.15, -0.1) is 0 Å². The van der Waals surface area contributed by atoms with Crippen LogP contribution in [0.15, 0.2) is 18.3 Å². The Balaban J connectivity index is 2.58. The predicted octanol–water partition coefficient (Wildman–Crippen LogP) is 1.87. The number of aromatic nitrogens is 1. The Morgan fingerprint density at radius 3 is 2.50 bits per heavy atom. The highest BCUT2D eigenvalue weighted by Gasteiger charge is 2.24. The molecule has 0 saturated heterocycles. The third-order valence-corrected chi connectivity index (χ3v) is 3.29. The van der Waals surface area contributed by atoms with Crippen molar-refractivity contribution in [2.24, 2.45) is 5.41 Å². The molecular weight excluding hydrogens is 202 g/mol. The minimum absolute atomic E-state index is 0.0403. The number of hydrogen-bond acceptors (Lipinski definition) is 4. The number of aliphatic hydroxyl groups is 1. The van der Waals surface area contributed by atoms with E-state index in [9.17, 15) is 5.11 Å². The first-order valence-corrected chi connectivity index (χ1v) is 5.72. The van der Waals surface area contributed by atoms with E-state index >= 15 is 0 Å². The van der Waals surface area contributed by atoms with Crippen LogP contribution in [-0.2, 0) is 0 Å². The van der Waals surface area contributed by atoms with Crippen LogP contribution < -0.4 is 11.1 Å². The molecule has 90 valence electrons. The Morgan fingerprint density at radius 1 is 1.38 bits per heavy atom. The number of nitrogens with two attached hydrogens (primary N) is 1. The molecule has 1 rings (SSSR count). The summed E-state index contributed by atoms with van der Waals surface area (Å²) in [5.74, 6) is 0.518. The summed E-state index contributed by atoms with van der Waals surface area (Å²) in [6.07, 6.45) is 3.62. The van der Waals surface area contributed by atoms with Gasteiger partial charge in [-0.1, -0.05) is 13.8 Å². The first-order valence-electron chi connectivity index (χ1n) is 5.72. The fraction of sp³-hybridized carbons (Fsp3) is 0.583. The van der Waals surface area contributed by atoms with E-state index in [1.165, 1.54) is 0 Å². The number of pyridine rings is 1. The first kappa shape index (κ1) is 12.8. The van der Waals surface area contributed by atoms with E-state index in [2.05, 4.69) is 24.1 Å². The molecule has 0 spiro atoms. The molecule has 0 atom stereocenters. The van der Waals surface area contributed by atoms with Gasteiger partial charge in [0.15, 0.2) is 0 Å². The van der Waals surface area contributed by atoms with Gasteiger partial charge in [0.25, 0.3) is 0 Å². The van der Waals surface area contributed by atoms with E-state index in [0.29, 0.717) is 5.82 Å².